The van der Waals surface area contributed by atoms with Crippen molar-refractivity contribution in [2.24, 2.45) is 0 Å². The van der Waals surface area contributed by atoms with Crippen molar-refractivity contribution in [1.29, 1.82) is 0 Å². The first-order chi connectivity index (χ1) is 16.9. The number of nitrogens with zero attached hydrogens (tertiary/aromatic N) is 7. The topological polar surface area (TPSA) is 104 Å². The summed E-state index contributed by atoms with van der Waals surface area (Å²) in [6, 6.07) is 4.86. The molecule has 3 aromatic heterocycles. The van der Waals surface area contributed by atoms with E-state index in [1.165, 1.54) is 0 Å². The first-order valence-corrected chi connectivity index (χ1v) is 12.6. The van der Waals surface area contributed by atoms with E-state index in [1.54, 1.807) is 12.5 Å². The van der Waals surface area contributed by atoms with E-state index in [0.717, 1.165) is 42.8 Å². The number of imidazole rings is 1. The molecule has 35 heavy (non-hydrogen) atoms. The number of pyridine rings is 1. The number of nitrogens with one attached hydrogen (secondary N) is 2. The van der Waals surface area contributed by atoms with Crippen molar-refractivity contribution in [2.75, 3.05) is 36.8 Å². The first-order valence-electron chi connectivity index (χ1n) is 12.6. The lowest BCUT2D eigenvalue weighted by atomic mass is 10.2. The number of carbonyl (C=O) groups is 1. The third kappa shape index (κ3) is 6.25. The van der Waals surface area contributed by atoms with Gasteiger partial charge in [-0.25, -0.2) is 4.98 Å². The van der Waals surface area contributed by atoms with Crippen LogP contribution < -0.4 is 10.6 Å². The van der Waals surface area contributed by atoms with Gasteiger partial charge in [-0.15, -0.1) is 0 Å². The molecule has 0 aliphatic carbocycles. The van der Waals surface area contributed by atoms with Gasteiger partial charge in [0.15, 0.2) is 17.0 Å². The number of fused-ring (bicyclic) bond motifs is 1. The molecule has 2 N–H and O–H groups in total. The van der Waals surface area contributed by atoms with E-state index in [0.29, 0.717) is 49.9 Å². The van der Waals surface area contributed by atoms with Gasteiger partial charge in [0.2, 0.25) is 11.9 Å². The fourth-order valence-corrected chi connectivity index (χ4v) is 4.58. The third-order valence-electron chi connectivity index (χ3n) is 6.41. The molecular weight excluding hydrogens is 442 g/mol. The Labute approximate surface area is 207 Å². The van der Waals surface area contributed by atoms with Crippen LogP contribution in [0.1, 0.15) is 46.1 Å². The smallest absolute Gasteiger partial charge is 0.227 e. The Balaban J connectivity index is 1.54. The maximum Gasteiger partial charge on any atom is 0.227 e. The Bertz CT molecular complexity index is 1100. The summed E-state index contributed by atoms with van der Waals surface area (Å²) in [4.78, 5) is 34.7. The van der Waals surface area contributed by atoms with Crippen LogP contribution in [0.25, 0.3) is 11.2 Å². The molecule has 0 saturated carbocycles. The van der Waals surface area contributed by atoms with Crippen molar-refractivity contribution >= 4 is 28.8 Å². The van der Waals surface area contributed by atoms with Crippen LogP contribution in [0, 0.1) is 0 Å². The summed E-state index contributed by atoms with van der Waals surface area (Å²) >= 11 is 0. The van der Waals surface area contributed by atoms with Crippen molar-refractivity contribution in [3.8, 4) is 0 Å². The largest absolute Gasteiger partial charge is 0.367 e. The van der Waals surface area contributed by atoms with Crippen molar-refractivity contribution < 1.29 is 4.79 Å². The molecule has 1 fully saturated rings. The molecule has 1 aliphatic rings. The molecule has 10 heteroatoms. The summed E-state index contributed by atoms with van der Waals surface area (Å²) in [6.45, 7) is 13.2. The second-order valence-electron chi connectivity index (χ2n) is 9.56. The number of hydrogen-bond acceptors (Lipinski definition) is 8. The molecule has 0 atom stereocenters. The minimum Gasteiger partial charge on any atom is -0.367 e. The van der Waals surface area contributed by atoms with Crippen LogP contribution >= 0.6 is 0 Å². The zero-order chi connectivity index (χ0) is 24.8. The monoisotopic (exact) mass is 479 g/mol. The van der Waals surface area contributed by atoms with Gasteiger partial charge in [-0.3, -0.25) is 14.7 Å². The van der Waals surface area contributed by atoms with Crippen LogP contribution in [0.3, 0.4) is 0 Å². The fraction of sp³-hybridized carbons (Fsp3) is 0.560. The van der Waals surface area contributed by atoms with Crippen LogP contribution in [0.15, 0.2) is 30.9 Å². The number of anilines is 2. The van der Waals surface area contributed by atoms with E-state index in [-0.39, 0.29) is 5.91 Å². The van der Waals surface area contributed by atoms with Crippen molar-refractivity contribution in [3.05, 3.63) is 36.4 Å². The molecular formula is C25H37N9O. The summed E-state index contributed by atoms with van der Waals surface area (Å²) in [6.07, 6.45) is 6.97. The minimum atomic E-state index is 0.227. The number of amides is 1. The van der Waals surface area contributed by atoms with Gasteiger partial charge in [-0.1, -0.05) is 6.07 Å². The maximum atomic E-state index is 12.0. The zero-order valence-electron chi connectivity index (χ0n) is 21.2. The molecule has 0 spiro atoms. The van der Waals surface area contributed by atoms with E-state index in [2.05, 4.69) is 53.2 Å². The number of carbonyl (C=O) groups excluding carboxylic acids is 1. The highest BCUT2D eigenvalue weighted by molar-refractivity contribution is 5.84. The van der Waals surface area contributed by atoms with Gasteiger partial charge in [0.1, 0.15) is 0 Å². The van der Waals surface area contributed by atoms with E-state index in [9.17, 15) is 4.79 Å². The molecule has 3 aromatic rings. The first kappa shape index (κ1) is 24.8. The fourth-order valence-electron chi connectivity index (χ4n) is 4.58. The summed E-state index contributed by atoms with van der Waals surface area (Å²) < 4.78 is 2.01. The van der Waals surface area contributed by atoms with Gasteiger partial charge in [-0.05, 0) is 45.7 Å². The SMILES string of the molecule is CC(C)N(CCNc1nc(NCc2cccnc2)nc2c1ncn2CCN1CCCC1=O)C(C)C. The molecule has 188 valence electrons. The number of aromatic nitrogens is 5. The van der Waals surface area contributed by atoms with Crippen molar-refractivity contribution in [1.82, 2.24) is 34.3 Å². The standard InChI is InChI=1S/C25H37N9O/c1-18(2)34(19(3)4)12-10-27-23-22-24(31-25(30-23)28-16-20-7-5-9-26-15-20)33(17-29-22)14-13-32-11-6-8-21(32)35/h5,7,9,15,17-19H,6,8,10-14,16H2,1-4H3,(H2,27,28,30,31). The molecule has 0 radical (unpaired) electrons. The summed E-state index contributed by atoms with van der Waals surface area (Å²) in [7, 11) is 0. The number of hydrogen-bond donors (Lipinski definition) is 2. The molecule has 0 aromatic carbocycles. The van der Waals surface area contributed by atoms with Gasteiger partial charge in [-0.2, -0.15) is 9.97 Å². The van der Waals surface area contributed by atoms with E-state index >= 15 is 0 Å². The lowest BCUT2D eigenvalue weighted by Crippen LogP contribution is -2.40. The maximum absolute atomic E-state index is 12.0. The average molecular weight is 480 g/mol. The second-order valence-corrected chi connectivity index (χ2v) is 9.56. The Morgan fingerprint density at radius 3 is 2.63 bits per heavy atom. The molecule has 1 saturated heterocycles. The van der Waals surface area contributed by atoms with E-state index < -0.39 is 0 Å². The molecule has 4 heterocycles. The highest BCUT2D eigenvalue weighted by Crippen LogP contribution is 2.22. The van der Waals surface area contributed by atoms with Crippen molar-refractivity contribution in [3.63, 3.8) is 0 Å². The Morgan fingerprint density at radius 1 is 1.11 bits per heavy atom. The normalized spacial score (nSPS) is 14.1. The number of likely N-dealkylation sites (tertiary alicyclic amines) is 1. The molecule has 0 bridgehead atoms. The molecule has 1 aliphatic heterocycles. The van der Waals surface area contributed by atoms with Gasteiger partial charge in [0.25, 0.3) is 0 Å². The minimum absolute atomic E-state index is 0.227. The van der Waals surface area contributed by atoms with Gasteiger partial charge in [0.05, 0.1) is 6.33 Å². The van der Waals surface area contributed by atoms with Crippen molar-refractivity contribution in [2.45, 2.75) is 65.7 Å². The highest BCUT2D eigenvalue weighted by Gasteiger charge is 2.21. The third-order valence-corrected chi connectivity index (χ3v) is 6.41. The average Bonchev–Trinajstić information content (AvgIpc) is 3.44. The molecule has 4 rings (SSSR count). The Kier molecular flexibility index (Phi) is 8.12. The second kappa shape index (κ2) is 11.4. The predicted octanol–water partition coefficient (Wildman–Crippen LogP) is 2.99. The predicted molar refractivity (Wildman–Crippen MR) is 138 cm³/mol. The molecule has 10 nitrogen and oxygen atoms in total. The van der Waals surface area contributed by atoms with Gasteiger partial charge >= 0.3 is 0 Å². The van der Waals surface area contributed by atoms with Crippen LogP contribution in [-0.2, 0) is 17.9 Å². The van der Waals surface area contributed by atoms with Crippen LogP contribution in [-0.4, -0.2) is 78.5 Å². The zero-order valence-corrected chi connectivity index (χ0v) is 21.2. The van der Waals surface area contributed by atoms with Crippen LogP contribution in [0.5, 0.6) is 0 Å². The van der Waals surface area contributed by atoms with Crippen LogP contribution in [0.4, 0.5) is 11.8 Å². The summed E-state index contributed by atoms with van der Waals surface area (Å²) in [5.74, 6) is 1.48. The summed E-state index contributed by atoms with van der Waals surface area (Å²) in [5.41, 5.74) is 2.55. The quantitative estimate of drug-likeness (QED) is 0.409. The Hall–Kier alpha value is -3.27. The van der Waals surface area contributed by atoms with Gasteiger partial charge < -0.3 is 20.1 Å². The molecule has 1 amide bonds. The Morgan fingerprint density at radius 2 is 1.94 bits per heavy atom. The highest BCUT2D eigenvalue weighted by atomic mass is 16.2. The van der Waals surface area contributed by atoms with Crippen LogP contribution in [0.2, 0.25) is 0 Å². The number of rotatable bonds is 12. The summed E-state index contributed by atoms with van der Waals surface area (Å²) in [5, 5.41) is 6.83. The lowest BCUT2D eigenvalue weighted by molar-refractivity contribution is -0.127. The molecule has 0 unspecified atom stereocenters. The van der Waals surface area contributed by atoms with E-state index in [1.807, 2.05) is 27.8 Å². The lowest BCUT2D eigenvalue weighted by Gasteiger charge is -2.30. The van der Waals surface area contributed by atoms with Gasteiger partial charge in [0, 0.05) is 70.2 Å². The van der Waals surface area contributed by atoms with E-state index in [4.69, 9.17) is 9.97 Å².